The van der Waals surface area contributed by atoms with Gasteiger partial charge >= 0.3 is 0 Å². The smallest absolute Gasteiger partial charge is 0.127 e. The van der Waals surface area contributed by atoms with Crippen LogP contribution < -0.4 is 10.1 Å². The molecule has 0 aliphatic carbocycles. The lowest BCUT2D eigenvalue weighted by Gasteiger charge is -2.34. The number of likely N-dealkylation sites (tertiary alicyclic amines) is 1. The van der Waals surface area contributed by atoms with E-state index in [1.54, 1.807) is 0 Å². The number of nitrogens with zero attached hydrogens (tertiary/aromatic N) is 1. The van der Waals surface area contributed by atoms with E-state index in [0.29, 0.717) is 5.41 Å². The van der Waals surface area contributed by atoms with Crippen LogP contribution in [-0.4, -0.2) is 31.1 Å². The van der Waals surface area contributed by atoms with E-state index >= 15 is 0 Å². The molecule has 0 radical (unpaired) electrons. The molecule has 0 unspecified atom stereocenters. The fraction of sp³-hybridized carbons (Fsp3) is 0.429. The van der Waals surface area contributed by atoms with Gasteiger partial charge in [0.1, 0.15) is 11.5 Å². The average Bonchev–Trinajstić information content (AvgIpc) is 2.99. The molecular weight excluding hydrogens is 296 g/mol. The molecule has 2 saturated heterocycles. The molecule has 1 N–H and O–H groups in total. The first kappa shape index (κ1) is 15.7. The normalized spacial score (nSPS) is 20.3. The molecule has 2 aliphatic rings. The molecule has 2 fully saturated rings. The van der Waals surface area contributed by atoms with Crippen molar-refractivity contribution in [1.29, 1.82) is 0 Å². The van der Waals surface area contributed by atoms with Gasteiger partial charge in [0.2, 0.25) is 0 Å². The molecule has 0 bridgehead atoms. The molecule has 3 nitrogen and oxygen atoms in total. The summed E-state index contributed by atoms with van der Waals surface area (Å²) < 4.78 is 5.97. The van der Waals surface area contributed by atoms with Gasteiger partial charge in [0.05, 0.1) is 0 Å². The van der Waals surface area contributed by atoms with Gasteiger partial charge in [-0.05, 0) is 74.1 Å². The van der Waals surface area contributed by atoms with Gasteiger partial charge in [-0.15, -0.1) is 0 Å². The van der Waals surface area contributed by atoms with E-state index in [-0.39, 0.29) is 0 Å². The molecule has 0 amide bonds. The monoisotopic (exact) mass is 322 g/mol. The van der Waals surface area contributed by atoms with Crippen molar-refractivity contribution in [3.8, 4) is 11.5 Å². The topological polar surface area (TPSA) is 24.5 Å². The number of hydrogen-bond donors (Lipinski definition) is 1. The summed E-state index contributed by atoms with van der Waals surface area (Å²) in [4.78, 5) is 2.62. The Hall–Kier alpha value is -1.84. The summed E-state index contributed by atoms with van der Waals surface area (Å²) in [5, 5.41) is 3.50. The van der Waals surface area contributed by atoms with Gasteiger partial charge in [-0.25, -0.2) is 0 Å². The lowest BCUT2D eigenvalue weighted by atomic mass is 9.78. The molecule has 1 spiro atoms. The number of ether oxygens (including phenoxy) is 1. The molecular formula is C21H26N2O. The summed E-state index contributed by atoms with van der Waals surface area (Å²) in [6.45, 7) is 5.88. The average molecular weight is 322 g/mol. The van der Waals surface area contributed by atoms with E-state index in [1.807, 2.05) is 36.4 Å². The molecule has 2 aliphatic heterocycles. The number of nitrogens with one attached hydrogen (secondary N) is 1. The van der Waals surface area contributed by atoms with Crippen molar-refractivity contribution in [2.45, 2.75) is 25.8 Å². The van der Waals surface area contributed by atoms with Gasteiger partial charge in [0.25, 0.3) is 0 Å². The van der Waals surface area contributed by atoms with Crippen molar-refractivity contribution in [1.82, 2.24) is 10.2 Å². The maximum atomic E-state index is 5.97. The number of para-hydroxylation sites is 1. The molecule has 2 aromatic rings. The summed E-state index contributed by atoms with van der Waals surface area (Å²) in [7, 11) is 0. The molecule has 0 saturated carbocycles. The first-order chi connectivity index (χ1) is 11.8. The summed E-state index contributed by atoms with van der Waals surface area (Å²) in [6, 6.07) is 18.5. The second-order valence-corrected chi connectivity index (χ2v) is 7.27. The Labute approximate surface area is 144 Å². The fourth-order valence-electron chi connectivity index (χ4n) is 4.12. The predicted molar refractivity (Wildman–Crippen MR) is 97.4 cm³/mol. The molecule has 4 rings (SSSR count). The SMILES string of the molecule is c1ccc(Oc2cccc(CN3CCC4(CCNCC4)C3)c2)cc1. The minimum atomic E-state index is 0.573. The van der Waals surface area contributed by atoms with E-state index in [9.17, 15) is 0 Å². The highest BCUT2D eigenvalue weighted by molar-refractivity contribution is 5.33. The van der Waals surface area contributed by atoms with Crippen LogP contribution in [-0.2, 0) is 6.54 Å². The van der Waals surface area contributed by atoms with Gasteiger partial charge < -0.3 is 10.1 Å². The highest BCUT2D eigenvalue weighted by Gasteiger charge is 2.38. The summed E-state index contributed by atoms with van der Waals surface area (Å²) in [6.07, 6.45) is 4.02. The van der Waals surface area contributed by atoms with Crippen molar-refractivity contribution in [3.63, 3.8) is 0 Å². The van der Waals surface area contributed by atoms with Crippen LogP contribution in [0.2, 0.25) is 0 Å². The number of rotatable bonds is 4. The summed E-state index contributed by atoms with van der Waals surface area (Å²) >= 11 is 0. The highest BCUT2D eigenvalue weighted by Crippen LogP contribution is 2.39. The first-order valence-corrected chi connectivity index (χ1v) is 9.06. The maximum Gasteiger partial charge on any atom is 0.127 e. The molecule has 3 heteroatoms. The third-order valence-corrected chi connectivity index (χ3v) is 5.47. The van der Waals surface area contributed by atoms with Crippen LogP contribution in [0.15, 0.2) is 54.6 Å². The second-order valence-electron chi connectivity index (χ2n) is 7.27. The zero-order valence-electron chi connectivity index (χ0n) is 14.2. The Balaban J connectivity index is 1.39. The van der Waals surface area contributed by atoms with Crippen LogP contribution >= 0.6 is 0 Å². The van der Waals surface area contributed by atoms with Crippen LogP contribution in [0.3, 0.4) is 0 Å². The Bertz CT molecular complexity index is 665. The lowest BCUT2D eigenvalue weighted by Crippen LogP contribution is -2.38. The third-order valence-electron chi connectivity index (χ3n) is 5.47. The molecule has 0 atom stereocenters. The minimum absolute atomic E-state index is 0.573. The van der Waals surface area contributed by atoms with Crippen LogP contribution in [0.4, 0.5) is 0 Å². The van der Waals surface area contributed by atoms with E-state index < -0.39 is 0 Å². The standard InChI is InChI=1S/C21H26N2O/c1-2-6-19(7-3-1)24-20-8-4-5-18(15-20)16-23-14-11-21(17-23)9-12-22-13-10-21/h1-8,15,22H,9-14,16-17H2. The van der Waals surface area contributed by atoms with Crippen LogP contribution in [0, 0.1) is 5.41 Å². The largest absolute Gasteiger partial charge is 0.457 e. The highest BCUT2D eigenvalue weighted by atomic mass is 16.5. The number of benzene rings is 2. The van der Waals surface area contributed by atoms with Gasteiger partial charge in [-0.2, -0.15) is 0 Å². The van der Waals surface area contributed by atoms with E-state index in [2.05, 4.69) is 28.4 Å². The maximum absolute atomic E-state index is 5.97. The minimum Gasteiger partial charge on any atom is -0.457 e. The van der Waals surface area contributed by atoms with Crippen molar-refractivity contribution in [3.05, 3.63) is 60.2 Å². The van der Waals surface area contributed by atoms with Gasteiger partial charge in [-0.1, -0.05) is 30.3 Å². The quantitative estimate of drug-likeness (QED) is 0.919. The first-order valence-electron chi connectivity index (χ1n) is 9.06. The Morgan fingerprint density at radius 3 is 2.54 bits per heavy atom. The molecule has 0 aromatic heterocycles. The van der Waals surface area contributed by atoms with Gasteiger partial charge in [0, 0.05) is 13.1 Å². The zero-order valence-corrected chi connectivity index (χ0v) is 14.2. The van der Waals surface area contributed by atoms with Crippen molar-refractivity contribution in [2.75, 3.05) is 26.2 Å². The second kappa shape index (κ2) is 6.96. The van der Waals surface area contributed by atoms with Crippen molar-refractivity contribution >= 4 is 0 Å². The van der Waals surface area contributed by atoms with Gasteiger partial charge in [-0.3, -0.25) is 4.90 Å². The van der Waals surface area contributed by atoms with E-state index in [0.717, 1.165) is 18.0 Å². The molecule has 2 aromatic carbocycles. The Morgan fingerprint density at radius 2 is 1.71 bits per heavy atom. The zero-order chi connectivity index (χ0) is 16.2. The lowest BCUT2D eigenvalue weighted by molar-refractivity contribution is 0.194. The van der Waals surface area contributed by atoms with Crippen LogP contribution in [0.25, 0.3) is 0 Å². The van der Waals surface area contributed by atoms with Crippen LogP contribution in [0.5, 0.6) is 11.5 Å². The predicted octanol–water partition coefficient (Wildman–Crippen LogP) is 4.05. The van der Waals surface area contributed by atoms with Crippen LogP contribution in [0.1, 0.15) is 24.8 Å². The fourth-order valence-corrected chi connectivity index (χ4v) is 4.12. The Kier molecular flexibility index (Phi) is 4.54. The Morgan fingerprint density at radius 1 is 0.917 bits per heavy atom. The molecule has 2 heterocycles. The third kappa shape index (κ3) is 3.63. The van der Waals surface area contributed by atoms with E-state index in [4.69, 9.17) is 4.74 Å². The molecule has 126 valence electrons. The number of hydrogen-bond acceptors (Lipinski definition) is 3. The van der Waals surface area contributed by atoms with Crippen molar-refractivity contribution in [2.24, 2.45) is 5.41 Å². The molecule has 24 heavy (non-hydrogen) atoms. The van der Waals surface area contributed by atoms with E-state index in [1.165, 1.54) is 51.0 Å². The summed E-state index contributed by atoms with van der Waals surface area (Å²) in [5.74, 6) is 1.82. The summed E-state index contributed by atoms with van der Waals surface area (Å²) in [5.41, 5.74) is 1.91. The van der Waals surface area contributed by atoms with Crippen molar-refractivity contribution < 1.29 is 4.74 Å². The number of piperidine rings is 1. The van der Waals surface area contributed by atoms with Gasteiger partial charge in [0.15, 0.2) is 0 Å².